The summed E-state index contributed by atoms with van der Waals surface area (Å²) in [7, 11) is 1.54. The smallest absolute Gasteiger partial charge is 0.340 e. The van der Waals surface area contributed by atoms with Crippen LogP contribution in [0.15, 0.2) is 69.7 Å². The number of methoxy groups -OCH3 is 1. The van der Waals surface area contributed by atoms with Crippen molar-refractivity contribution in [3.05, 3.63) is 80.9 Å². The number of hydrogen-bond acceptors (Lipinski definition) is 7. The Morgan fingerprint density at radius 1 is 1.21 bits per heavy atom. The molecule has 0 aromatic heterocycles. The van der Waals surface area contributed by atoms with E-state index >= 15 is 0 Å². The minimum atomic E-state index is -0.732. The Labute approximate surface area is 206 Å². The number of carbonyl (C=O) groups excluding carboxylic acids is 2. The van der Waals surface area contributed by atoms with E-state index in [0.29, 0.717) is 58.7 Å². The van der Waals surface area contributed by atoms with Gasteiger partial charge in [-0.1, -0.05) is 30.3 Å². The van der Waals surface area contributed by atoms with Crippen LogP contribution in [-0.4, -0.2) is 25.5 Å². The lowest BCUT2D eigenvalue weighted by atomic mass is 9.77. The van der Waals surface area contributed by atoms with Gasteiger partial charge in [0.05, 0.1) is 24.1 Å². The minimum Gasteiger partial charge on any atom is -0.493 e. The number of hydrogen-bond donors (Lipinski definition) is 1. The van der Waals surface area contributed by atoms with Crippen molar-refractivity contribution in [2.45, 2.75) is 38.7 Å². The maximum Gasteiger partial charge on any atom is 0.340 e. The molecule has 1 aliphatic heterocycles. The number of ketones is 1. The Balaban J connectivity index is 1.78. The van der Waals surface area contributed by atoms with Crippen LogP contribution in [0.2, 0.25) is 0 Å². The van der Waals surface area contributed by atoms with E-state index in [4.69, 9.17) is 24.7 Å². The third kappa shape index (κ3) is 4.68. The quantitative estimate of drug-likeness (QED) is 0.511. The van der Waals surface area contributed by atoms with E-state index < -0.39 is 11.9 Å². The standard InChI is InChI=1S/C26H26BrNO6/c1-3-32-26(30)23-21(22-18(29)10-7-11-19(22)34-25(23)28)16-12-17(27)24(20(13-16)31-2)33-14-15-8-5-4-6-9-15/h4-6,8-9,12-13,21H,3,7,10-11,14,28H2,1-2H3. The molecule has 178 valence electrons. The molecule has 0 amide bonds. The van der Waals surface area contributed by atoms with Crippen LogP contribution >= 0.6 is 15.9 Å². The van der Waals surface area contributed by atoms with Gasteiger partial charge in [-0.2, -0.15) is 0 Å². The van der Waals surface area contributed by atoms with Crippen LogP contribution in [0.5, 0.6) is 11.5 Å². The van der Waals surface area contributed by atoms with Crippen LogP contribution in [0.3, 0.4) is 0 Å². The molecule has 7 nitrogen and oxygen atoms in total. The van der Waals surface area contributed by atoms with Gasteiger partial charge in [-0.05, 0) is 52.5 Å². The van der Waals surface area contributed by atoms with E-state index in [1.165, 1.54) is 7.11 Å². The molecule has 2 aromatic carbocycles. The van der Waals surface area contributed by atoms with Crippen molar-refractivity contribution in [3.63, 3.8) is 0 Å². The van der Waals surface area contributed by atoms with Gasteiger partial charge in [0.2, 0.25) is 5.88 Å². The molecule has 0 fully saturated rings. The first-order valence-corrected chi connectivity index (χ1v) is 11.9. The number of nitrogens with two attached hydrogens (primary N) is 1. The van der Waals surface area contributed by atoms with Crippen LogP contribution < -0.4 is 15.2 Å². The molecule has 0 saturated carbocycles. The average Bonchev–Trinajstić information content (AvgIpc) is 2.83. The van der Waals surface area contributed by atoms with Crippen molar-refractivity contribution in [2.75, 3.05) is 13.7 Å². The first kappa shape index (κ1) is 23.9. The predicted octanol–water partition coefficient (Wildman–Crippen LogP) is 4.89. The SMILES string of the molecule is CCOC(=O)C1=C(N)OC2=C(C(=O)CCC2)C1c1cc(Br)c(OCc2ccccc2)c(OC)c1. The predicted molar refractivity (Wildman–Crippen MR) is 129 cm³/mol. The lowest BCUT2D eigenvalue weighted by Crippen LogP contribution is -2.31. The number of ether oxygens (including phenoxy) is 4. The normalized spacial score (nSPS) is 17.7. The summed E-state index contributed by atoms with van der Waals surface area (Å²) in [6, 6.07) is 13.4. The lowest BCUT2D eigenvalue weighted by Gasteiger charge is -2.32. The third-order valence-corrected chi connectivity index (χ3v) is 6.38. The molecule has 2 aliphatic rings. The second-order valence-corrected chi connectivity index (χ2v) is 8.81. The average molecular weight is 528 g/mol. The van der Waals surface area contributed by atoms with Gasteiger partial charge >= 0.3 is 5.97 Å². The van der Waals surface area contributed by atoms with Gasteiger partial charge in [0.15, 0.2) is 17.3 Å². The number of esters is 1. The van der Waals surface area contributed by atoms with Crippen LogP contribution in [-0.2, 0) is 25.7 Å². The summed E-state index contributed by atoms with van der Waals surface area (Å²) in [5.41, 5.74) is 8.39. The summed E-state index contributed by atoms with van der Waals surface area (Å²) in [4.78, 5) is 25.9. The van der Waals surface area contributed by atoms with Crippen LogP contribution in [0.4, 0.5) is 0 Å². The zero-order valence-electron chi connectivity index (χ0n) is 19.1. The van der Waals surface area contributed by atoms with Crippen LogP contribution in [0.25, 0.3) is 0 Å². The molecular weight excluding hydrogens is 502 g/mol. The largest absolute Gasteiger partial charge is 0.493 e. The van der Waals surface area contributed by atoms with Gasteiger partial charge in [0, 0.05) is 18.4 Å². The topological polar surface area (TPSA) is 97.1 Å². The lowest BCUT2D eigenvalue weighted by molar-refractivity contribution is -0.139. The zero-order chi connectivity index (χ0) is 24.2. The summed E-state index contributed by atoms with van der Waals surface area (Å²) in [5.74, 6) is 0.0149. The molecule has 2 aromatic rings. The summed E-state index contributed by atoms with van der Waals surface area (Å²) in [5, 5.41) is 0. The molecule has 1 atom stereocenters. The van der Waals surface area contributed by atoms with Gasteiger partial charge in [-0.25, -0.2) is 4.79 Å². The summed E-state index contributed by atoms with van der Waals surface area (Å²) >= 11 is 3.58. The fourth-order valence-corrected chi connectivity index (χ4v) is 4.85. The molecule has 2 N–H and O–H groups in total. The second kappa shape index (κ2) is 10.3. The maximum absolute atomic E-state index is 13.0. The number of allylic oxidation sites excluding steroid dienone is 2. The number of rotatable bonds is 7. The van der Waals surface area contributed by atoms with Gasteiger partial charge in [-0.3, -0.25) is 4.79 Å². The fraction of sp³-hybridized carbons (Fsp3) is 0.308. The molecule has 0 radical (unpaired) electrons. The van der Waals surface area contributed by atoms with Gasteiger partial charge in [0.25, 0.3) is 0 Å². The molecule has 1 aliphatic carbocycles. The molecule has 0 spiro atoms. The Bertz CT molecular complexity index is 1170. The third-order valence-electron chi connectivity index (χ3n) is 5.79. The Kier molecular flexibility index (Phi) is 7.26. The minimum absolute atomic E-state index is 0.0450. The van der Waals surface area contributed by atoms with E-state index in [1.807, 2.05) is 36.4 Å². The number of halogens is 1. The number of carbonyl (C=O) groups is 2. The van der Waals surface area contributed by atoms with Crippen LogP contribution in [0.1, 0.15) is 43.2 Å². The first-order chi connectivity index (χ1) is 16.4. The highest BCUT2D eigenvalue weighted by atomic mass is 79.9. The van der Waals surface area contributed by atoms with Gasteiger partial charge < -0.3 is 24.7 Å². The highest BCUT2D eigenvalue weighted by Crippen LogP contribution is 2.47. The number of Topliss-reactive ketones (excluding diaryl/α,β-unsaturated/α-hetero) is 1. The van der Waals surface area contributed by atoms with Crippen molar-refractivity contribution in [1.29, 1.82) is 0 Å². The fourth-order valence-electron chi connectivity index (χ4n) is 4.27. The molecule has 0 saturated heterocycles. The molecule has 1 unspecified atom stereocenters. The highest BCUT2D eigenvalue weighted by molar-refractivity contribution is 9.10. The van der Waals surface area contributed by atoms with Gasteiger partial charge in [0.1, 0.15) is 17.9 Å². The molecule has 1 heterocycles. The van der Waals surface area contributed by atoms with E-state index in [2.05, 4.69) is 15.9 Å². The Hall–Kier alpha value is -3.26. The summed E-state index contributed by atoms with van der Waals surface area (Å²) in [6.07, 6.45) is 1.63. The number of benzene rings is 2. The Morgan fingerprint density at radius 3 is 2.68 bits per heavy atom. The van der Waals surface area contributed by atoms with Crippen molar-refractivity contribution < 1.29 is 28.5 Å². The summed E-state index contributed by atoms with van der Waals surface area (Å²) < 4.78 is 23.3. The van der Waals surface area contributed by atoms with Crippen molar-refractivity contribution >= 4 is 27.7 Å². The van der Waals surface area contributed by atoms with Crippen LogP contribution in [0, 0.1) is 0 Å². The highest BCUT2D eigenvalue weighted by Gasteiger charge is 2.41. The maximum atomic E-state index is 13.0. The van der Waals surface area contributed by atoms with Crippen molar-refractivity contribution in [2.24, 2.45) is 5.73 Å². The van der Waals surface area contributed by atoms with Crippen molar-refractivity contribution in [3.8, 4) is 11.5 Å². The summed E-state index contributed by atoms with van der Waals surface area (Å²) in [6.45, 7) is 2.23. The second-order valence-electron chi connectivity index (χ2n) is 7.96. The monoisotopic (exact) mass is 527 g/mol. The molecule has 4 rings (SSSR count). The first-order valence-electron chi connectivity index (χ1n) is 11.1. The van der Waals surface area contributed by atoms with E-state index in [1.54, 1.807) is 13.0 Å². The van der Waals surface area contributed by atoms with Gasteiger partial charge in [-0.15, -0.1) is 0 Å². The van der Waals surface area contributed by atoms with E-state index in [0.717, 1.165) is 5.56 Å². The van der Waals surface area contributed by atoms with Crippen molar-refractivity contribution in [1.82, 2.24) is 0 Å². The zero-order valence-corrected chi connectivity index (χ0v) is 20.6. The molecular formula is C26H26BrNO6. The molecule has 0 bridgehead atoms. The van der Waals surface area contributed by atoms with E-state index in [-0.39, 0.29) is 23.8 Å². The Morgan fingerprint density at radius 2 is 1.97 bits per heavy atom. The molecule has 8 heteroatoms. The van der Waals surface area contributed by atoms with E-state index in [9.17, 15) is 9.59 Å². The molecule has 34 heavy (non-hydrogen) atoms.